The predicted octanol–water partition coefficient (Wildman–Crippen LogP) is 0.655. The molecule has 0 aliphatic carbocycles. The molecule has 0 spiro atoms. The Morgan fingerprint density at radius 2 is 2.27 bits per heavy atom. The summed E-state index contributed by atoms with van der Waals surface area (Å²) in [4.78, 5) is 11.6. The van der Waals surface area contributed by atoms with Gasteiger partial charge in [-0.3, -0.25) is 4.79 Å². The van der Waals surface area contributed by atoms with Crippen LogP contribution in [0.3, 0.4) is 0 Å². The quantitative estimate of drug-likeness (QED) is 0.677. The molecule has 1 saturated heterocycles. The molecule has 0 bridgehead atoms. The van der Waals surface area contributed by atoms with Gasteiger partial charge in [0.2, 0.25) is 0 Å². The Labute approximate surface area is 91.5 Å². The largest absolute Gasteiger partial charge is 0.459 e. The standard InChI is InChI=1S/C11H22N2O2/c1-11(2,3)15-10(14)9(12)6-8-4-5-13-7-8/h8-9,13H,4-7,12H2,1-3H3. The average molecular weight is 214 g/mol. The normalized spacial score (nSPS) is 23.9. The van der Waals surface area contributed by atoms with Gasteiger partial charge in [-0.25, -0.2) is 0 Å². The Kier molecular flexibility index (Phi) is 4.11. The molecule has 0 aromatic heterocycles. The monoisotopic (exact) mass is 214 g/mol. The summed E-state index contributed by atoms with van der Waals surface area (Å²) in [5.41, 5.74) is 5.36. The van der Waals surface area contributed by atoms with Crippen molar-refractivity contribution in [2.75, 3.05) is 13.1 Å². The lowest BCUT2D eigenvalue weighted by Gasteiger charge is -2.23. The summed E-state index contributed by atoms with van der Waals surface area (Å²) in [6.07, 6.45) is 1.83. The van der Waals surface area contributed by atoms with E-state index in [2.05, 4.69) is 5.32 Å². The van der Waals surface area contributed by atoms with Crippen molar-refractivity contribution in [2.24, 2.45) is 11.7 Å². The molecule has 0 saturated carbocycles. The molecular weight excluding hydrogens is 192 g/mol. The van der Waals surface area contributed by atoms with E-state index in [-0.39, 0.29) is 5.97 Å². The van der Waals surface area contributed by atoms with Gasteiger partial charge in [0.25, 0.3) is 0 Å². The summed E-state index contributed by atoms with van der Waals surface area (Å²) in [6.45, 7) is 7.57. The lowest BCUT2D eigenvalue weighted by molar-refractivity contribution is -0.156. The summed E-state index contributed by atoms with van der Waals surface area (Å²) in [5.74, 6) is 0.238. The number of ether oxygens (including phenoxy) is 1. The second-order valence-electron chi connectivity index (χ2n) is 5.23. The van der Waals surface area contributed by atoms with Gasteiger partial charge in [0.1, 0.15) is 11.6 Å². The van der Waals surface area contributed by atoms with Crippen LogP contribution in [-0.4, -0.2) is 30.7 Å². The summed E-state index contributed by atoms with van der Waals surface area (Å²) < 4.78 is 5.23. The highest BCUT2D eigenvalue weighted by molar-refractivity contribution is 5.75. The molecule has 0 amide bonds. The zero-order chi connectivity index (χ0) is 11.5. The van der Waals surface area contributed by atoms with Crippen molar-refractivity contribution in [1.29, 1.82) is 0 Å². The Balaban J connectivity index is 2.32. The molecule has 88 valence electrons. The molecule has 1 rings (SSSR count). The van der Waals surface area contributed by atoms with Crippen LogP contribution in [0.1, 0.15) is 33.6 Å². The van der Waals surface area contributed by atoms with Gasteiger partial charge in [0.05, 0.1) is 0 Å². The van der Waals surface area contributed by atoms with Crippen LogP contribution in [0.25, 0.3) is 0 Å². The first kappa shape index (κ1) is 12.5. The predicted molar refractivity (Wildman–Crippen MR) is 59.4 cm³/mol. The SMILES string of the molecule is CC(C)(C)OC(=O)C(N)CC1CCNC1. The number of rotatable bonds is 3. The zero-order valence-corrected chi connectivity index (χ0v) is 9.88. The second-order valence-corrected chi connectivity index (χ2v) is 5.23. The lowest BCUT2D eigenvalue weighted by atomic mass is 9.99. The summed E-state index contributed by atoms with van der Waals surface area (Å²) in [7, 11) is 0. The van der Waals surface area contributed by atoms with Gasteiger partial charge in [-0.2, -0.15) is 0 Å². The molecular formula is C11H22N2O2. The fourth-order valence-corrected chi connectivity index (χ4v) is 1.75. The van der Waals surface area contributed by atoms with Gasteiger partial charge in [0.15, 0.2) is 0 Å². The maximum atomic E-state index is 11.6. The molecule has 1 aliphatic heterocycles. The van der Waals surface area contributed by atoms with Crippen molar-refractivity contribution < 1.29 is 9.53 Å². The summed E-state index contributed by atoms with van der Waals surface area (Å²) >= 11 is 0. The number of nitrogens with one attached hydrogen (secondary N) is 1. The third-order valence-electron chi connectivity index (χ3n) is 2.46. The van der Waals surface area contributed by atoms with Crippen molar-refractivity contribution in [2.45, 2.75) is 45.3 Å². The topological polar surface area (TPSA) is 64.3 Å². The number of carbonyl (C=O) groups is 1. The Bertz CT molecular complexity index is 217. The molecule has 1 heterocycles. The van der Waals surface area contributed by atoms with E-state index in [0.29, 0.717) is 5.92 Å². The van der Waals surface area contributed by atoms with E-state index in [0.717, 1.165) is 25.9 Å². The van der Waals surface area contributed by atoms with E-state index >= 15 is 0 Å². The highest BCUT2D eigenvalue weighted by Crippen LogP contribution is 2.16. The van der Waals surface area contributed by atoms with Gasteiger partial charge in [0, 0.05) is 0 Å². The highest BCUT2D eigenvalue weighted by atomic mass is 16.6. The summed E-state index contributed by atoms with van der Waals surface area (Å²) in [5, 5.41) is 3.26. The zero-order valence-electron chi connectivity index (χ0n) is 9.88. The molecule has 15 heavy (non-hydrogen) atoms. The van der Waals surface area contributed by atoms with Crippen molar-refractivity contribution in [3.05, 3.63) is 0 Å². The van der Waals surface area contributed by atoms with Crippen LogP contribution in [0.5, 0.6) is 0 Å². The lowest BCUT2D eigenvalue weighted by Crippen LogP contribution is -2.38. The molecule has 0 aromatic carbocycles. The smallest absolute Gasteiger partial charge is 0.323 e. The summed E-state index contributed by atoms with van der Waals surface area (Å²) in [6, 6.07) is -0.478. The van der Waals surface area contributed by atoms with Crippen LogP contribution in [0.4, 0.5) is 0 Å². The maximum Gasteiger partial charge on any atom is 0.323 e. The Morgan fingerprint density at radius 3 is 2.73 bits per heavy atom. The Morgan fingerprint density at radius 1 is 1.60 bits per heavy atom. The van der Waals surface area contributed by atoms with Crippen LogP contribution in [0.15, 0.2) is 0 Å². The first-order chi connectivity index (χ1) is 6.88. The van der Waals surface area contributed by atoms with Crippen LogP contribution in [0.2, 0.25) is 0 Å². The molecule has 4 nitrogen and oxygen atoms in total. The van der Waals surface area contributed by atoms with E-state index in [1.807, 2.05) is 20.8 Å². The maximum absolute atomic E-state index is 11.6. The van der Waals surface area contributed by atoms with Crippen LogP contribution < -0.4 is 11.1 Å². The Hall–Kier alpha value is -0.610. The van der Waals surface area contributed by atoms with Crippen LogP contribution in [-0.2, 0) is 9.53 Å². The highest BCUT2D eigenvalue weighted by Gasteiger charge is 2.26. The van der Waals surface area contributed by atoms with Gasteiger partial charge in [-0.1, -0.05) is 0 Å². The third-order valence-corrected chi connectivity index (χ3v) is 2.46. The fraction of sp³-hybridized carbons (Fsp3) is 0.909. The van der Waals surface area contributed by atoms with Gasteiger partial charge in [-0.05, 0) is 52.6 Å². The molecule has 3 N–H and O–H groups in total. The number of hydrogen-bond donors (Lipinski definition) is 2. The van der Waals surface area contributed by atoms with Crippen LogP contribution in [0, 0.1) is 5.92 Å². The fourth-order valence-electron chi connectivity index (χ4n) is 1.75. The van der Waals surface area contributed by atoms with E-state index in [1.165, 1.54) is 0 Å². The average Bonchev–Trinajstić information content (AvgIpc) is 2.53. The minimum Gasteiger partial charge on any atom is -0.459 e. The molecule has 0 radical (unpaired) electrons. The van der Waals surface area contributed by atoms with Crippen molar-refractivity contribution in [3.63, 3.8) is 0 Å². The first-order valence-electron chi connectivity index (χ1n) is 5.57. The first-order valence-corrected chi connectivity index (χ1v) is 5.57. The molecule has 0 aromatic rings. The van der Waals surface area contributed by atoms with Crippen molar-refractivity contribution in [1.82, 2.24) is 5.32 Å². The van der Waals surface area contributed by atoms with E-state index < -0.39 is 11.6 Å². The second kappa shape index (κ2) is 4.94. The van der Waals surface area contributed by atoms with Gasteiger partial charge in [-0.15, -0.1) is 0 Å². The third kappa shape index (κ3) is 4.62. The molecule has 2 atom stereocenters. The number of esters is 1. The molecule has 1 fully saturated rings. The molecule has 2 unspecified atom stereocenters. The van der Waals surface area contributed by atoms with E-state index in [4.69, 9.17) is 10.5 Å². The number of nitrogens with two attached hydrogens (primary N) is 1. The minimum atomic E-state index is -0.478. The van der Waals surface area contributed by atoms with E-state index in [1.54, 1.807) is 0 Å². The number of carbonyl (C=O) groups excluding carboxylic acids is 1. The molecule has 1 aliphatic rings. The van der Waals surface area contributed by atoms with Crippen molar-refractivity contribution in [3.8, 4) is 0 Å². The van der Waals surface area contributed by atoms with Gasteiger partial charge < -0.3 is 15.8 Å². The van der Waals surface area contributed by atoms with Gasteiger partial charge >= 0.3 is 5.97 Å². The van der Waals surface area contributed by atoms with E-state index in [9.17, 15) is 4.79 Å². The number of hydrogen-bond acceptors (Lipinski definition) is 4. The van der Waals surface area contributed by atoms with Crippen molar-refractivity contribution >= 4 is 5.97 Å². The van der Waals surface area contributed by atoms with Crippen LogP contribution >= 0.6 is 0 Å². The minimum absolute atomic E-state index is 0.283. The molecule has 4 heteroatoms.